The number of rotatable bonds is 5. The number of amides is 1. The van der Waals surface area contributed by atoms with Gasteiger partial charge in [-0.15, -0.1) is 11.3 Å². The average molecular weight is 296 g/mol. The summed E-state index contributed by atoms with van der Waals surface area (Å²) in [6.45, 7) is 4.70. The Labute approximate surface area is 122 Å². The summed E-state index contributed by atoms with van der Waals surface area (Å²) in [5.74, 6) is -0.736. The van der Waals surface area contributed by atoms with Gasteiger partial charge in [0.25, 0.3) is 0 Å². The minimum atomic E-state index is -0.790. The van der Waals surface area contributed by atoms with Crippen LogP contribution in [0.2, 0.25) is 0 Å². The number of hydrogen-bond acceptors (Lipinski definition) is 4. The number of carboxylic acid groups (broad SMARTS) is 1. The zero-order valence-electron chi connectivity index (χ0n) is 11.8. The van der Waals surface area contributed by atoms with Crippen LogP contribution in [0.25, 0.3) is 0 Å². The Morgan fingerprint density at radius 3 is 2.80 bits per heavy atom. The molecule has 20 heavy (non-hydrogen) atoms. The van der Waals surface area contributed by atoms with Crippen molar-refractivity contribution < 1.29 is 14.7 Å². The van der Waals surface area contributed by atoms with E-state index in [4.69, 9.17) is 0 Å². The molecule has 0 radical (unpaired) electrons. The molecule has 0 aliphatic carbocycles. The Morgan fingerprint density at radius 2 is 2.30 bits per heavy atom. The standard InChI is InChI=1S/C14H20N2O3S/c1-10(2)14(13(18)19)5-6-16(8-14)12(17)4-3-11-7-20-9-15-11/h7,9-10H,3-6,8H2,1-2H3,(H,18,19). The minimum Gasteiger partial charge on any atom is -0.481 e. The van der Waals surface area contributed by atoms with Crippen molar-refractivity contribution in [1.29, 1.82) is 0 Å². The molecule has 1 unspecified atom stereocenters. The number of aliphatic carboxylic acids is 1. The van der Waals surface area contributed by atoms with Gasteiger partial charge in [0.1, 0.15) is 0 Å². The smallest absolute Gasteiger partial charge is 0.311 e. The fraction of sp³-hybridized carbons (Fsp3) is 0.643. The SMILES string of the molecule is CC(C)C1(C(=O)O)CCN(C(=O)CCc2cscn2)C1. The van der Waals surface area contributed by atoms with Crippen molar-refractivity contribution >= 4 is 23.2 Å². The lowest BCUT2D eigenvalue weighted by Crippen LogP contribution is -2.40. The Morgan fingerprint density at radius 1 is 1.55 bits per heavy atom. The number of carbonyl (C=O) groups is 2. The van der Waals surface area contributed by atoms with Crippen LogP contribution in [0, 0.1) is 11.3 Å². The lowest BCUT2D eigenvalue weighted by Gasteiger charge is -2.28. The second kappa shape index (κ2) is 5.91. The first-order chi connectivity index (χ1) is 9.45. The van der Waals surface area contributed by atoms with E-state index in [9.17, 15) is 14.7 Å². The average Bonchev–Trinajstić information content (AvgIpc) is 3.05. The van der Waals surface area contributed by atoms with Gasteiger partial charge in [-0.3, -0.25) is 9.59 Å². The van der Waals surface area contributed by atoms with Gasteiger partial charge in [-0.1, -0.05) is 13.8 Å². The van der Waals surface area contributed by atoms with Crippen molar-refractivity contribution in [3.05, 3.63) is 16.6 Å². The normalized spacial score (nSPS) is 22.4. The lowest BCUT2D eigenvalue weighted by molar-refractivity contribution is -0.151. The molecular weight excluding hydrogens is 276 g/mol. The van der Waals surface area contributed by atoms with Gasteiger partial charge in [0.05, 0.1) is 16.6 Å². The fourth-order valence-corrected chi connectivity index (χ4v) is 3.29. The first-order valence-corrected chi connectivity index (χ1v) is 7.78. The van der Waals surface area contributed by atoms with Gasteiger partial charge in [0, 0.05) is 24.9 Å². The van der Waals surface area contributed by atoms with Crippen molar-refractivity contribution in [2.45, 2.75) is 33.1 Å². The van der Waals surface area contributed by atoms with E-state index in [0.717, 1.165) is 5.69 Å². The molecular formula is C14H20N2O3S. The molecule has 1 saturated heterocycles. The van der Waals surface area contributed by atoms with Crippen molar-refractivity contribution in [2.75, 3.05) is 13.1 Å². The highest BCUT2D eigenvalue weighted by molar-refractivity contribution is 7.07. The number of thiazole rings is 1. The molecule has 1 aliphatic rings. The number of carbonyl (C=O) groups excluding carboxylic acids is 1. The maximum atomic E-state index is 12.2. The summed E-state index contributed by atoms with van der Waals surface area (Å²) >= 11 is 1.52. The monoisotopic (exact) mass is 296 g/mol. The summed E-state index contributed by atoms with van der Waals surface area (Å²) in [5.41, 5.74) is 1.90. The van der Waals surface area contributed by atoms with Gasteiger partial charge in [-0.2, -0.15) is 0 Å². The van der Waals surface area contributed by atoms with Gasteiger partial charge >= 0.3 is 5.97 Å². The maximum Gasteiger partial charge on any atom is 0.311 e. The van der Waals surface area contributed by atoms with Crippen molar-refractivity contribution in [3.63, 3.8) is 0 Å². The second-order valence-electron chi connectivity index (χ2n) is 5.66. The van der Waals surface area contributed by atoms with E-state index >= 15 is 0 Å². The van der Waals surface area contributed by atoms with Crippen LogP contribution in [0.1, 0.15) is 32.4 Å². The highest BCUT2D eigenvalue weighted by Crippen LogP contribution is 2.38. The third-order valence-electron chi connectivity index (χ3n) is 4.26. The predicted molar refractivity (Wildman–Crippen MR) is 76.5 cm³/mol. The van der Waals surface area contributed by atoms with Crippen LogP contribution in [-0.4, -0.2) is 40.0 Å². The summed E-state index contributed by atoms with van der Waals surface area (Å²) in [6.07, 6.45) is 1.57. The van der Waals surface area contributed by atoms with Gasteiger partial charge < -0.3 is 10.0 Å². The number of carboxylic acids is 1. The molecule has 2 rings (SSSR count). The Balaban J connectivity index is 1.94. The van der Waals surface area contributed by atoms with Gasteiger partial charge in [0.2, 0.25) is 5.91 Å². The molecule has 0 saturated carbocycles. The minimum absolute atomic E-state index is 0.0244. The Bertz CT molecular complexity index is 487. The Hall–Kier alpha value is -1.43. The predicted octanol–water partition coefficient (Wildman–Crippen LogP) is 2.03. The van der Waals surface area contributed by atoms with Crippen molar-refractivity contribution in [1.82, 2.24) is 9.88 Å². The molecule has 1 aromatic rings. The van der Waals surface area contributed by atoms with E-state index in [1.807, 2.05) is 19.2 Å². The fourth-order valence-electron chi connectivity index (χ4n) is 2.69. The third-order valence-corrected chi connectivity index (χ3v) is 4.90. The van der Waals surface area contributed by atoms with Crippen LogP contribution < -0.4 is 0 Å². The van der Waals surface area contributed by atoms with Crippen LogP contribution >= 0.6 is 11.3 Å². The van der Waals surface area contributed by atoms with E-state index in [2.05, 4.69) is 4.98 Å². The molecule has 0 bridgehead atoms. The first kappa shape index (κ1) is 15.0. The van der Waals surface area contributed by atoms with Crippen LogP contribution in [0.5, 0.6) is 0 Å². The molecule has 1 N–H and O–H groups in total. The second-order valence-corrected chi connectivity index (χ2v) is 6.38. The molecule has 1 amide bonds. The lowest BCUT2D eigenvalue weighted by atomic mass is 9.76. The number of aromatic nitrogens is 1. The van der Waals surface area contributed by atoms with E-state index in [1.54, 1.807) is 10.4 Å². The highest BCUT2D eigenvalue weighted by atomic mass is 32.1. The molecule has 5 nitrogen and oxygen atoms in total. The van der Waals surface area contributed by atoms with E-state index in [-0.39, 0.29) is 11.8 Å². The Kier molecular flexibility index (Phi) is 4.42. The summed E-state index contributed by atoms with van der Waals surface area (Å²) < 4.78 is 0. The third kappa shape index (κ3) is 2.85. The molecule has 1 aromatic heterocycles. The topological polar surface area (TPSA) is 70.5 Å². The van der Waals surface area contributed by atoms with Gasteiger partial charge in [-0.05, 0) is 18.8 Å². The molecule has 0 aromatic carbocycles. The number of nitrogens with zero attached hydrogens (tertiary/aromatic N) is 2. The molecule has 110 valence electrons. The number of aryl methyl sites for hydroxylation is 1. The molecule has 6 heteroatoms. The highest BCUT2D eigenvalue weighted by Gasteiger charge is 2.48. The summed E-state index contributed by atoms with van der Waals surface area (Å²) in [7, 11) is 0. The van der Waals surface area contributed by atoms with Gasteiger partial charge in [0.15, 0.2) is 0 Å². The molecule has 1 aliphatic heterocycles. The zero-order chi connectivity index (χ0) is 14.8. The quantitative estimate of drug-likeness (QED) is 0.902. The zero-order valence-corrected chi connectivity index (χ0v) is 12.7. The molecule has 1 fully saturated rings. The van der Waals surface area contributed by atoms with Gasteiger partial charge in [-0.25, -0.2) is 4.98 Å². The van der Waals surface area contributed by atoms with Crippen LogP contribution in [-0.2, 0) is 16.0 Å². The van der Waals surface area contributed by atoms with Crippen LogP contribution in [0.15, 0.2) is 10.9 Å². The van der Waals surface area contributed by atoms with E-state index < -0.39 is 11.4 Å². The molecule has 2 heterocycles. The number of hydrogen-bond donors (Lipinski definition) is 1. The van der Waals surface area contributed by atoms with Crippen molar-refractivity contribution in [2.24, 2.45) is 11.3 Å². The first-order valence-electron chi connectivity index (χ1n) is 6.84. The van der Waals surface area contributed by atoms with E-state index in [1.165, 1.54) is 11.3 Å². The largest absolute Gasteiger partial charge is 0.481 e. The summed E-state index contributed by atoms with van der Waals surface area (Å²) in [5, 5.41) is 11.4. The van der Waals surface area contributed by atoms with E-state index in [0.29, 0.717) is 32.4 Å². The molecule has 1 atom stereocenters. The van der Waals surface area contributed by atoms with Crippen LogP contribution in [0.3, 0.4) is 0 Å². The molecule has 0 spiro atoms. The van der Waals surface area contributed by atoms with Crippen LogP contribution in [0.4, 0.5) is 0 Å². The summed E-state index contributed by atoms with van der Waals surface area (Å²) in [4.78, 5) is 29.6. The number of likely N-dealkylation sites (tertiary alicyclic amines) is 1. The maximum absolute atomic E-state index is 12.2. The van der Waals surface area contributed by atoms with Crippen molar-refractivity contribution in [3.8, 4) is 0 Å². The summed E-state index contributed by atoms with van der Waals surface area (Å²) in [6, 6.07) is 0.